The first kappa shape index (κ1) is 9.97. The number of pyridine rings is 1. The Morgan fingerprint density at radius 2 is 2.14 bits per heavy atom. The summed E-state index contributed by atoms with van der Waals surface area (Å²) < 4.78 is 6.65. The average molecular weight is 256 g/mol. The molecule has 0 aromatic carbocycles. The van der Waals surface area contributed by atoms with Gasteiger partial charge in [0.25, 0.3) is 0 Å². The van der Waals surface area contributed by atoms with Gasteiger partial charge in [0.05, 0.1) is 12.8 Å². The maximum Gasteiger partial charge on any atom is 0.138 e. The Morgan fingerprint density at radius 3 is 2.86 bits per heavy atom. The molecule has 1 aromatic heterocycles. The Hall–Kier alpha value is -0.570. The van der Waals surface area contributed by atoms with Gasteiger partial charge >= 0.3 is 0 Å². The smallest absolute Gasteiger partial charge is 0.138 e. The van der Waals surface area contributed by atoms with Gasteiger partial charge in [0.15, 0.2) is 0 Å². The summed E-state index contributed by atoms with van der Waals surface area (Å²) in [5.74, 6) is 1.63. The number of hydrogen-bond donors (Lipinski definition) is 0. The summed E-state index contributed by atoms with van der Waals surface area (Å²) >= 11 is 3.37. The minimum atomic E-state index is 0.758. The van der Waals surface area contributed by atoms with Crippen LogP contribution in [0.5, 0.6) is 5.75 Å². The molecule has 3 heteroatoms. The molecule has 76 valence electrons. The molecule has 14 heavy (non-hydrogen) atoms. The molecule has 0 atom stereocenters. The summed E-state index contributed by atoms with van der Waals surface area (Å²) in [5.41, 5.74) is 0. The van der Waals surface area contributed by atoms with Crippen LogP contribution in [0.25, 0.3) is 0 Å². The van der Waals surface area contributed by atoms with E-state index in [0.717, 1.165) is 22.7 Å². The maximum atomic E-state index is 5.68. The van der Waals surface area contributed by atoms with Crippen molar-refractivity contribution in [1.82, 2.24) is 4.98 Å². The molecule has 1 fully saturated rings. The number of halogens is 1. The van der Waals surface area contributed by atoms with E-state index in [-0.39, 0.29) is 0 Å². The van der Waals surface area contributed by atoms with Crippen molar-refractivity contribution in [3.05, 3.63) is 22.9 Å². The summed E-state index contributed by atoms with van der Waals surface area (Å²) in [6.07, 6.45) is 8.90. The molecule has 0 N–H and O–H groups in total. The molecule has 0 radical (unpaired) electrons. The van der Waals surface area contributed by atoms with Crippen molar-refractivity contribution in [3.63, 3.8) is 0 Å². The number of rotatable bonds is 3. The fraction of sp³-hybridized carbons (Fsp3) is 0.545. The van der Waals surface area contributed by atoms with Crippen LogP contribution in [0.3, 0.4) is 0 Å². The highest BCUT2D eigenvalue weighted by molar-refractivity contribution is 9.10. The van der Waals surface area contributed by atoms with Crippen molar-refractivity contribution in [3.8, 4) is 5.75 Å². The van der Waals surface area contributed by atoms with Gasteiger partial charge in [-0.05, 0) is 40.8 Å². The largest absolute Gasteiger partial charge is 0.492 e. The van der Waals surface area contributed by atoms with Crippen molar-refractivity contribution in [2.45, 2.75) is 25.7 Å². The normalized spacial score (nSPS) is 17.2. The summed E-state index contributed by atoms with van der Waals surface area (Å²) in [6, 6.07) is 1.96. The SMILES string of the molecule is Brc1cncc(OCC2CCCC2)c1. The minimum absolute atomic E-state index is 0.758. The first-order chi connectivity index (χ1) is 6.84. The number of nitrogens with zero attached hydrogens (tertiary/aromatic N) is 1. The van der Waals surface area contributed by atoms with Crippen LogP contribution in [0.4, 0.5) is 0 Å². The lowest BCUT2D eigenvalue weighted by molar-refractivity contribution is 0.251. The zero-order valence-corrected chi connectivity index (χ0v) is 9.66. The van der Waals surface area contributed by atoms with Crippen LogP contribution in [-0.4, -0.2) is 11.6 Å². The standard InChI is InChI=1S/C11H14BrNO/c12-10-5-11(7-13-6-10)14-8-9-3-1-2-4-9/h5-7,9H,1-4,8H2. The van der Waals surface area contributed by atoms with Gasteiger partial charge in [-0.2, -0.15) is 0 Å². The van der Waals surface area contributed by atoms with Gasteiger partial charge in [0.2, 0.25) is 0 Å². The zero-order valence-electron chi connectivity index (χ0n) is 8.08. The highest BCUT2D eigenvalue weighted by atomic mass is 79.9. The topological polar surface area (TPSA) is 22.1 Å². The molecule has 0 bridgehead atoms. The Labute approximate surface area is 92.8 Å². The van der Waals surface area contributed by atoms with Gasteiger partial charge < -0.3 is 4.74 Å². The predicted molar refractivity (Wildman–Crippen MR) is 59.4 cm³/mol. The average Bonchev–Trinajstić information content (AvgIpc) is 2.67. The highest BCUT2D eigenvalue weighted by Gasteiger charge is 2.15. The van der Waals surface area contributed by atoms with E-state index in [1.807, 2.05) is 6.07 Å². The molecule has 0 aliphatic heterocycles. The molecule has 1 saturated carbocycles. The second kappa shape index (κ2) is 4.78. The van der Waals surface area contributed by atoms with E-state index in [0.29, 0.717) is 0 Å². The Morgan fingerprint density at radius 1 is 1.36 bits per heavy atom. The zero-order chi connectivity index (χ0) is 9.80. The van der Waals surface area contributed by atoms with Gasteiger partial charge in [0, 0.05) is 10.7 Å². The molecule has 0 unspecified atom stereocenters. The molecule has 1 aromatic rings. The predicted octanol–water partition coefficient (Wildman–Crippen LogP) is 3.41. The number of hydrogen-bond acceptors (Lipinski definition) is 2. The van der Waals surface area contributed by atoms with Gasteiger partial charge in [-0.1, -0.05) is 12.8 Å². The summed E-state index contributed by atoms with van der Waals surface area (Å²) in [4.78, 5) is 4.06. The van der Waals surface area contributed by atoms with E-state index in [2.05, 4.69) is 20.9 Å². The van der Waals surface area contributed by atoms with Crippen LogP contribution in [-0.2, 0) is 0 Å². The number of ether oxygens (including phenoxy) is 1. The van der Waals surface area contributed by atoms with Gasteiger partial charge in [-0.25, -0.2) is 0 Å². The molecule has 1 aliphatic rings. The van der Waals surface area contributed by atoms with Gasteiger partial charge in [-0.3, -0.25) is 4.98 Å². The Kier molecular flexibility index (Phi) is 3.40. The molecule has 1 aliphatic carbocycles. The van der Waals surface area contributed by atoms with E-state index < -0.39 is 0 Å². The van der Waals surface area contributed by atoms with Crippen molar-refractivity contribution >= 4 is 15.9 Å². The fourth-order valence-electron chi connectivity index (χ4n) is 1.86. The summed E-state index contributed by atoms with van der Waals surface area (Å²) in [6.45, 7) is 0.845. The second-order valence-corrected chi connectivity index (χ2v) is 4.72. The third-order valence-corrected chi connectivity index (χ3v) is 3.07. The van der Waals surface area contributed by atoms with Crippen LogP contribution in [0, 0.1) is 5.92 Å². The van der Waals surface area contributed by atoms with Crippen molar-refractivity contribution < 1.29 is 4.74 Å². The molecule has 0 amide bonds. The molecular weight excluding hydrogens is 242 g/mol. The summed E-state index contributed by atoms with van der Waals surface area (Å²) in [7, 11) is 0. The van der Waals surface area contributed by atoms with Crippen molar-refractivity contribution in [1.29, 1.82) is 0 Å². The van der Waals surface area contributed by atoms with Crippen molar-refractivity contribution in [2.75, 3.05) is 6.61 Å². The van der Waals surface area contributed by atoms with E-state index in [4.69, 9.17) is 4.74 Å². The highest BCUT2D eigenvalue weighted by Crippen LogP contribution is 2.25. The molecular formula is C11H14BrNO. The van der Waals surface area contributed by atoms with E-state index in [9.17, 15) is 0 Å². The molecule has 2 nitrogen and oxygen atoms in total. The van der Waals surface area contributed by atoms with Gasteiger partial charge in [0.1, 0.15) is 5.75 Å². The maximum absolute atomic E-state index is 5.68. The van der Waals surface area contributed by atoms with Crippen LogP contribution < -0.4 is 4.74 Å². The molecule has 0 saturated heterocycles. The first-order valence-corrected chi connectivity index (χ1v) is 5.87. The third-order valence-electron chi connectivity index (χ3n) is 2.64. The lowest BCUT2D eigenvalue weighted by Gasteiger charge is -2.10. The number of aromatic nitrogens is 1. The van der Waals surface area contributed by atoms with Crippen LogP contribution in [0.15, 0.2) is 22.9 Å². The Bertz CT molecular complexity index is 297. The monoisotopic (exact) mass is 255 g/mol. The van der Waals surface area contributed by atoms with E-state index in [1.165, 1.54) is 25.7 Å². The molecule has 1 heterocycles. The third kappa shape index (κ3) is 2.71. The molecule has 2 rings (SSSR count). The van der Waals surface area contributed by atoms with E-state index in [1.54, 1.807) is 12.4 Å². The van der Waals surface area contributed by atoms with Crippen LogP contribution in [0.2, 0.25) is 0 Å². The van der Waals surface area contributed by atoms with Crippen LogP contribution in [0.1, 0.15) is 25.7 Å². The second-order valence-electron chi connectivity index (χ2n) is 3.80. The first-order valence-electron chi connectivity index (χ1n) is 5.08. The molecule has 0 spiro atoms. The van der Waals surface area contributed by atoms with Gasteiger partial charge in [-0.15, -0.1) is 0 Å². The lowest BCUT2D eigenvalue weighted by Crippen LogP contribution is -2.07. The lowest BCUT2D eigenvalue weighted by atomic mass is 10.1. The Balaban J connectivity index is 1.85. The van der Waals surface area contributed by atoms with Crippen LogP contribution >= 0.6 is 15.9 Å². The fourth-order valence-corrected chi connectivity index (χ4v) is 2.21. The summed E-state index contributed by atoms with van der Waals surface area (Å²) in [5, 5.41) is 0. The quantitative estimate of drug-likeness (QED) is 0.826. The van der Waals surface area contributed by atoms with Crippen molar-refractivity contribution in [2.24, 2.45) is 5.92 Å². The minimum Gasteiger partial charge on any atom is -0.492 e. The van der Waals surface area contributed by atoms with E-state index >= 15 is 0 Å².